The number of piperidine rings is 1. The molecule has 2 fully saturated rings. The van der Waals surface area contributed by atoms with Crippen molar-refractivity contribution in [2.75, 3.05) is 26.2 Å². The Hall–Kier alpha value is -1.75. The van der Waals surface area contributed by atoms with Gasteiger partial charge in [0.2, 0.25) is 5.91 Å². The van der Waals surface area contributed by atoms with Crippen molar-refractivity contribution in [2.24, 2.45) is 0 Å². The average Bonchev–Trinajstić information content (AvgIpc) is 3.55. The Labute approximate surface area is 182 Å². The maximum atomic E-state index is 12.7. The number of amides is 1. The molecule has 1 aliphatic heterocycles. The van der Waals surface area contributed by atoms with E-state index in [4.69, 9.17) is 27.9 Å². The van der Waals surface area contributed by atoms with Crippen LogP contribution in [0.4, 0.5) is 0 Å². The molecule has 0 unspecified atom stereocenters. The van der Waals surface area contributed by atoms with Gasteiger partial charge < -0.3 is 15.0 Å². The van der Waals surface area contributed by atoms with Gasteiger partial charge in [-0.1, -0.05) is 53.5 Å². The van der Waals surface area contributed by atoms with Crippen molar-refractivity contribution in [3.63, 3.8) is 0 Å². The van der Waals surface area contributed by atoms with E-state index in [1.54, 1.807) is 12.1 Å². The van der Waals surface area contributed by atoms with Gasteiger partial charge in [-0.05, 0) is 43.4 Å². The highest BCUT2D eigenvalue weighted by Crippen LogP contribution is 2.48. The SMILES string of the molecule is O=C(NCCN1CCC(Oc2ccc(Cl)c(Cl)c2)CC1)C1(c2ccccc2)CC1. The lowest BCUT2D eigenvalue weighted by Gasteiger charge is -2.32. The van der Waals surface area contributed by atoms with Crippen LogP contribution in [0.3, 0.4) is 0 Å². The second-order valence-electron chi connectivity index (χ2n) is 7.94. The van der Waals surface area contributed by atoms with Crippen LogP contribution in [0.2, 0.25) is 10.0 Å². The normalized spacial score (nSPS) is 19.0. The van der Waals surface area contributed by atoms with Crippen LogP contribution in [0.1, 0.15) is 31.2 Å². The van der Waals surface area contributed by atoms with E-state index in [0.29, 0.717) is 16.6 Å². The zero-order valence-corrected chi connectivity index (χ0v) is 17.9. The van der Waals surface area contributed by atoms with Crippen LogP contribution in [0, 0.1) is 0 Å². The van der Waals surface area contributed by atoms with Gasteiger partial charge >= 0.3 is 0 Å². The number of hydrogen-bond donors (Lipinski definition) is 1. The molecule has 29 heavy (non-hydrogen) atoms. The Balaban J connectivity index is 1.19. The van der Waals surface area contributed by atoms with Crippen molar-refractivity contribution in [3.8, 4) is 5.75 Å². The predicted octanol–water partition coefficient (Wildman–Crippen LogP) is 4.68. The predicted molar refractivity (Wildman–Crippen MR) is 117 cm³/mol. The smallest absolute Gasteiger partial charge is 0.230 e. The van der Waals surface area contributed by atoms with Gasteiger partial charge in [0.05, 0.1) is 15.5 Å². The van der Waals surface area contributed by atoms with Crippen molar-refractivity contribution in [1.29, 1.82) is 0 Å². The molecule has 0 radical (unpaired) electrons. The summed E-state index contributed by atoms with van der Waals surface area (Å²) in [6.45, 7) is 3.49. The molecule has 1 aliphatic carbocycles. The van der Waals surface area contributed by atoms with E-state index in [1.165, 1.54) is 0 Å². The summed E-state index contributed by atoms with van der Waals surface area (Å²) >= 11 is 12.0. The Kier molecular flexibility index (Phi) is 6.33. The van der Waals surface area contributed by atoms with Crippen LogP contribution in [0.5, 0.6) is 5.75 Å². The maximum absolute atomic E-state index is 12.7. The molecule has 1 saturated heterocycles. The first-order valence-corrected chi connectivity index (χ1v) is 11.0. The second kappa shape index (κ2) is 8.95. The molecular formula is C23H26Cl2N2O2. The Morgan fingerprint density at radius 2 is 1.79 bits per heavy atom. The number of benzene rings is 2. The second-order valence-corrected chi connectivity index (χ2v) is 8.75. The van der Waals surface area contributed by atoms with Crippen LogP contribution < -0.4 is 10.1 Å². The van der Waals surface area contributed by atoms with Gasteiger partial charge in [0.15, 0.2) is 0 Å². The zero-order valence-electron chi connectivity index (χ0n) is 16.4. The van der Waals surface area contributed by atoms with E-state index in [9.17, 15) is 4.79 Å². The van der Waals surface area contributed by atoms with Gasteiger partial charge in [-0.2, -0.15) is 0 Å². The summed E-state index contributed by atoms with van der Waals surface area (Å²) in [7, 11) is 0. The fraction of sp³-hybridized carbons (Fsp3) is 0.435. The van der Waals surface area contributed by atoms with Gasteiger partial charge in [0.25, 0.3) is 0 Å². The van der Waals surface area contributed by atoms with Crippen LogP contribution >= 0.6 is 23.2 Å². The first-order valence-electron chi connectivity index (χ1n) is 10.2. The molecule has 2 aromatic rings. The minimum Gasteiger partial charge on any atom is -0.490 e. The third kappa shape index (κ3) is 4.88. The standard InChI is InChI=1S/C23H26Cl2N2O2/c24-20-7-6-19(16-21(20)25)29-18-8-13-27(14-9-18)15-12-26-22(28)23(10-11-23)17-4-2-1-3-5-17/h1-7,16,18H,8-15H2,(H,26,28). The summed E-state index contributed by atoms with van der Waals surface area (Å²) < 4.78 is 6.04. The molecule has 154 valence electrons. The van der Waals surface area contributed by atoms with Crippen LogP contribution in [0.15, 0.2) is 48.5 Å². The number of halogens is 2. The van der Waals surface area contributed by atoms with E-state index >= 15 is 0 Å². The molecule has 2 aromatic carbocycles. The summed E-state index contributed by atoms with van der Waals surface area (Å²) in [5.74, 6) is 0.933. The molecule has 0 atom stereocenters. The minimum absolute atomic E-state index is 0.168. The van der Waals surface area contributed by atoms with Gasteiger partial charge in [0.1, 0.15) is 11.9 Å². The molecule has 1 saturated carbocycles. The number of carbonyl (C=O) groups excluding carboxylic acids is 1. The largest absolute Gasteiger partial charge is 0.490 e. The fourth-order valence-corrected chi connectivity index (χ4v) is 4.31. The summed E-state index contributed by atoms with van der Waals surface area (Å²) in [4.78, 5) is 15.1. The van der Waals surface area contributed by atoms with E-state index in [1.807, 2.05) is 24.3 Å². The third-order valence-corrected chi connectivity index (χ3v) is 6.69. The number of rotatable bonds is 7. The van der Waals surface area contributed by atoms with Crippen molar-refractivity contribution < 1.29 is 9.53 Å². The number of likely N-dealkylation sites (tertiary alicyclic amines) is 1. The fourth-order valence-electron chi connectivity index (χ4n) is 4.02. The molecule has 4 nitrogen and oxygen atoms in total. The highest BCUT2D eigenvalue weighted by atomic mass is 35.5. The van der Waals surface area contributed by atoms with E-state index < -0.39 is 0 Å². The Morgan fingerprint density at radius 3 is 2.45 bits per heavy atom. The topological polar surface area (TPSA) is 41.6 Å². The monoisotopic (exact) mass is 432 g/mol. The molecule has 2 aliphatic rings. The van der Waals surface area contributed by atoms with Crippen molar-refractivity contribution >= 4 is 29.1 Å². The molecule has 0 bridgehead atoms. The number of carbonyl (C=O) groups is 1. The number of nitrogens with zero attached hydrogens (tertiary/aromatic N) is 1. The van der Waals surface area contributed by atoms with Crippen molar-refractivity contribution in [3.05, 3.63) is 64.1 Å². The lowest BCUT2D eigenvalue weighted by Crippen LogP contribution is -2.44. The summed E-state index contributed by atoms with van der Waals surface area (Å²) in [6, 6.07) is 15.5. The highest BCUT2D eigenvalue weighted by molar-refractivity contribution is 6.42. The Bertz CT molecular complexity index is 847. The number of nitrogens with one attached hydrogen (secondary N) is 1. The molecule has 1 N–H and O–H groups in total. The average molecular weight is 433 g/mol. The summed E-state index contributed by atoms with van der Waals surface area (Å²) in [5, 5.41) is 4.21. The lowest BCUT2D eigenvalue weighted by molar-refractivity contribution is -0.123. The maximum Gasteiger partial charge on any atom is 0.230 e. The van der Waals surface area contributed by atoms with Gasteiger partial charge in [-0.15, -0.1) is 0 Å². The molecule has 0 spiro atoms. The third-order valence-electron chi connectivity index (χ3n) is 5.95. The molecule has 1 amide bonds. The number of hydrogen-bond acceptors (Lipinski definition) is 3. The lowest BCUT2D eigenvalue weighted by atomic mass is 9.95. The van der Waals surface area contributed by atoms with E-state index in [0.717, 1.165) is 56.6 Å². The van der Waals surface area contributed by atoms with E-state index in [2.05, 4.69) is 22.3 Å². The first-order chi connectivity index (χ1) is 14.1. The molecule has 4 rings (SSSR count). The Morgan fingerprint density at radius 1 is 1.07 bits per heavy atom. The van der Waals surface area contributed by atoms with Crippen LogP contribution in [-0.4, -0.2) is 43.1 Å². The van der Waals surface area contributed by atoms with Crippen LogP contribution in [-0.2, 0) is 10.2 Å². The number of ether oxygens (including phenoxy) is 1. The first kappa shape index (κ1) is 20.5. The van der Waals surface area contributed by atoms with Gasteiger partial charge in [-0.3, -0.25) is 4.79 Å². The van der Waals surface area contributed by atoms with E-state index in [-0.39, 0.29) is 17.4 Å². The molecular weight excluding hydrogens is 407 g/mol. The quantitative estimate of drug-likeness (QED) is 0.689. The van der Waals surface area contributed by atoms with Gasteiger partial charge in [0, 0.05) is 32.2 Å². The van der Waals surface area contributed by atoms with Gasteiger partial charge in [-0.25, -0.2) is 0 Å². The zero-order chi connectivity index (χ0) is 20.3. The van der Waals surface area contributed by atoms with Crippen LogP contribution in [0.25, 0.3) is 0 Å². The van der Waals surface area contributed by atoms with Crippen molar-refractivity contribution in [1.82, 2.24) is 10.2 Å². The summed E-state index contributed by atoms with van der Waals surface area (Å²) in [5.41, 5.74) is 0.847. The molecule has 0 aromatic heterocycles. The van der Waals surface area contributed by atoms with Crippen molar-refractivity contribution in [2.45, 2.75) is 37.2 Å². The molecule has 1 heterocycles. The summed E-state index contributed by atoms with van der Waals surface area (Å²) in [6.07, 6.45) is 4.00. The highest BCUT2D eigenvalue weighted by Gasteiger charge is 2.50. The minimum atomic E-state index is -0.290. The molecule has 6 heteroatoms.